The van der Waals surface area contributed by atoms with Gasteiger partial charge in [-0.25, -0.2) is 4.79 Å². The molecule has 1 rings (SSSR count). The first-order chi connectivity index (χ1) is 14.9. The Morgan fingerprint density at radius 1 is 1.09 bits per heavy atom. The number of carbonyl (C=O) groups excluding carboxylic acids is 3. The SMILES string of the molecule is CCC(C)C(N)C(=O)N1CCCC1C(=O)NC(CCC(=O)O)C(=O)NC(C(=O)O)C(C)C. The fraction of sp³-hybridized carbons (Fsp3) is 0.762. The Kier molecular flexibility index (Phi) is 10.6. The van der Waals surface area contributed by atoms with E-state index in [9.17, 15) is 29.1 Å². The predicted molar refractivity (Wildman–Crippen MR) is 115 cm³/mol. The molecular formula is C21H36N4O7. The highest BCUT2D eigenvalue weighted by Gasteiger charge is 2.39. The molecule has 0 aromatic carbocycles. The molecule has 32 heavy (non-hydrogen) atoms. The third kappa shape index (κ3) is 7.47. The summed E-state index contributed by atoms with van der Waals surface area (Å²) < 4.78 is 0. The van der Waals surface area contributed by atoms with E-state index >= 15 is 0 Å². The van der Waals surface area contributed by atoms with Crippen LogP contribution in [0.25, 0.3) is 0 Å². The Labute approximate surface area is 188 Å². The summed E-state index contributed by atoms with van der Waals surface area (Å²) in [6.07, 6.45) is 1.07. The fourth-order valence-corrected chi connectivity index (χ4v) is 3.56. The van der Waals surface area contributed by atoms with Crippen molar-refractivity contribution in [1.29, 1.82) is 0 Å². The van der Waals surface area contributed by atoms with E-state index in [0.717, 1.165) is 0 Å². The summed E-state index contributed by atoms with van der Waals surface area (Å²) in [7, 11) is 0. The average Bonchev–Trinajstić information content (AvgIpc) is 3.22. The molecule has 182 valence electrons. The highest BCUT2D eigenvalue weighted by molar-refractivity contribution is 5.94. The molecule has 1 saturated heterocycles. The molecule has 0 bridgehead atoms. The van der Waals surface area contributed by atoms with Crippen LogP contribution >= 0.6 is 0 Å². The molecule has 1 fully saturated rings. The molecule has 0 saturated carbocycles. The van der Waals surface area contributed by atoms with Gasteiger partial charge in [0.1, 0.15) is 18.1 Å². The number of nitrogens with two attached hydrogens (primary N) is 1. The lowest BCUT2D eigenvalue weighted by atomic mass is 9.98. The van der Waals surface area contributed by atoms with Crippen LogP contribution in [0.15, 0.2) is 0 Å². The van der Waals surface area contributed by atoms with Crippen LogP contribution in [0.4, 0.5) is 0 Å². The summed E-state index contributed by atoms with van der Waals surface area (Å²) in [5.41, 5.74) is 6.05. The van der Waals surface area contributed by atoms with Crippen LogP contribution in [0.3, 0.4) is 0 Å². The minimum atomic E-state index is -1.25. The molecule has 1 heterocycles. The van der Waals surface area contributed by atoms with Gasteiger partial charge in [-0.2, -0.15) is 0 Å². The van der Waals surface area contributed by atoms with Gasteiger partial charge >= 0.3 is 11.9 Å². The van der Waals surface area contributed by atoms with Gasteiger partial charge < -0.3 is 31.5 Å². The van der Waals surface area contributed by atoms with Gasteiger partial charge in [-0.05, 0) is 31.1 Å². The second-order valence-corrected chi connectivity index (χ2v) is 8.66. The van der Waals surface area contributed by atoms with E-state index in [4.69, 9.17) is 10.8 Å². The standard InChI is InChI=1S/C21H36N4O7/c1-5-12(4)16(22)20(30)25-10-6-7-14(25)19(29)23-13(8-9-15(26)27)18(28)24-17(11(2)3)21(31)32/h11-14,16-17H,5-10,22H2,1-4H3,(H,23,29)(H,24,28)(H,26,27)(H,31,32). The van der Waals surface area contributed by atoms with Gasteiger partial charge in [0.2, 0.25) is 17.7 Å². The number of aliphatic carboxylic acids is 2. The van der Waals surface area contributed by atoms with Crippen molar-refractivity contribution in [2.24, 2.45) is 17.6 Å². The molecule has 1 aliphatic rings. The van der Waals surface area contributed by atoms with Gasteiger partial charge in [0.25, 0.3) is 0 Å². The van der Waals surface area contributed by atoms with E-state index in [2.05, 4.69) is 10.6 Å². The number of carbonyl (C=O) groups is 5. The van der Waals surface area contributed by atoms with E-state index in [-0.39, 0.29) is 18.2 Å². The molecule has 5 unspecified atom stereocenters. The number of nitrogens with zero attached hydrogens (tertiary/aromatic N) is 1. The maximum atomic E-state index is 12.9. The topological polar surface area (TPSA) is 179 Å². The molecule has 11 heteroatoms. The maximum absolute atomic E-state index is 12.9. The van der Waals surface area contributed by atoms with Gasteiger partial charge in [-0.1, -0.05) is 34.1 Å². The Morgan fingerprint density at radius 3 is 2.22 bits per heavy atom. The van der Waals surface area contributed by atoms with Crippen LogP contribution in [0.1, 0.15) is 59.8 Å². The molecule has 6 N–H and O–H groups in total. The Balaban J connectivity index is 2.96. The van der Waals surface area contributed by atoms with Crippen molar-refractivity contribution in [3.8, 4) is 0 Å². The number of rotatable bonds is 12. The number of likely N-dealkylation sites (tertiary alicyclic amines) is 1. The van der Waals surface area contributed by atoms with Crippen LogP contribution in [0.2, 0.25) is 0 Å². The molecule has 0 spiro atoms. The first kappa shape index (κ1) is 27.3. The van der Waals surface area contributed by atoms with Gasteiger partial charge in [-0.15, -0.1) is 0 Å². The normalized spacial score (nSPS) is 19.7. The number of amides is 3. The highest BCUT2D eigenvalue weighted by Crippen LogP contribution is 2.21. The van der Waals surface area contributed by atoms with Crippen molar-refractivity contribution in [2.75, 3.05) is 6.54 Å². The number of hydrogen-bond donors (Lipinski definition) is 5. The number of carboxylic acid groups (broad SMARTS) is 2. The molecule has 0 aromatic rings. The van der Waals surface area contributed by atoms with Crippen molar-refractivity contribution < 1.29 is 34.2 Å². The lowest BCUT2D eigenvalue weighted by Gasteiger charge is -2.30. The Hall–Kier alpha value is -2.69. The molecule has 0 aromatic heterocycles. The van der Waals surface area contributed by atoms with Crippen molar-refractivity contribution in [2.45, 2.75) is 84.0 Å². The van der Waals surface area contributed by atoms with Crippen molar-refractivity contribution in [3.63, 3.8) is 0 Å². The summed E-state index contributed by atoms with van der Waals surface area (Å²) in [6, 6.07) is -4.01. The predicted octanol–water partition coefficient (Wildman–Crippen LogP) is -0.0742. The van der Waals surface area contributed by atoms with Crippen molar-refractivity contribution >= 4 is 29.7 Å². The molecule has 0 radical (unpaired) electrons. The number of carboxylic acids is 2. The zero-order chi connectivity index (χ0) is 24.6. The second kappa shape index (κ2) is 12.4. The third-order valence-electron chi connectivity index (χ3n) is 5.89. The summed E-state index contributed by atoms with van der Waals surface area (Å²) >= 11 is 0. The lowest BCUT2D eigenvalue weighted by molar-refractivity contribution is -0.144. The van der Waals surface area contributed by atoms with Crippen LogP contribution in [-0.2, 0) is 24.0 Å². The zero-order valence-electron chi connectivity index (χ0n) is 19.2. The van der Waals surface area contributed by atoms with Crippen LogP contribution < -0.4 is 16.4 Å². The maximum Gasteiger partial charge on any atom is 0.326 e. The van der Waals surface area contributed by atoms with Crippen molar-refractivity contribution in [1.82, 2.24) is 15.5 Å². The Bertz CT molecular complexity index is 712. The largest absolute Gasteiger partial charge is 0.481 e. The van der Waals surface area contributed by atoms with Crippen LogP contribution in [-0.4, -0.2) is 75.5 Å². The quantitative estimate of drug-likeness (QED) is 0.270. The molecule has 11 nitrogen and oxygen atoms in total. The first-order valence-corrected chi connectivity index (χ1v) is 11.0. The molecule has 5 atom stereocenters. The van der Waals surface area contributed by atoms with Gasteiger partial charge in [0.15, 0.2) is 0 Å². The summed E-state index contributed by atoms with van der Waals surface area (Å²) in [5.74, 6) is -4.59. The number of nitrogens with one attached hydrogen (secondary N) is 2. The summed E-state index contributed by atoms with van der Waals surface area (Å²) in [5, 5.41) is 23.2. The minimum absolute atomic E-state index is 0.0649. The van der Waals surface area contributed by atoms with Crippen LogP contribution in [0.5, 0.6) is 0 Å². The number of hydrogen-bond acceptors (Lipinski definition) is 6. The van der Waals surface area contributed by atoms with Crippen LogP contribution in [0, 0.1) is 11.8 Å². The van der Waals surface area contributed by atoms with E-state index in [0.29, 0.717) is 25.8 Å². The molecule has 3 amide bonds. The smallest absolute Gasteiger partial charge is 0.326 e. The van der Waals surface area contributed by atoms with E-state index in [1.807, 2.05) is 13.8 Å². The van der Waals surface area contributed by atoms with E-state index in [1.54, 1.807) is 13.8 Å². The summed E-state index contributed by atoms with van der Waals surface area (Å²) in [4.78, 5) is 62.3. The van der Waals surface area contributed by atoms with Gasteiger partial charge in [-0.3, -0.25) is 19.2 Å². The lowest BCUT2D eigenvalue weighted by Crippen LogP contribution is -2.57. The molecule has 0 aliphatic carbocycles. The van der Waals surface area contributed by atoms with Gasteiger partial charge in [0, 0.05) is 13.0 Å². The average molecular weight is 457 g/mol. The first-order valence-electron chi connectivity index (χ1n) is 11.0. The second-order valence-electron chi connectivity index (χ2n) is 8.66. The molecule has 1 aliphatic heterocycles. The molecular weight excluding hydrogens is 420 g/mol. The van der Waals surface area contributed by atoms with E-state index < -0.39 is 60.3 Å². The van der Waals surface area contributed by atoms with Gasteiger partial charge in [0.05, 0.1) is 6.04 Å². The zero-order valence-corrected chi connectivity index (χ0v) is 19.2. The fourth-order valence-electron chi connectivity index (χ4n) is 3.56. The summed E-state index contributed by atoms with van der Waals surface area (Å²) in [6.45, 7) is 7.37. The third-order valence-corrected chi connectivity index (χ3v) is 5.89. The Morgan fingerprint density at radius 2 is 1.72 bits per heavy atom. The minimum Gasteiger partial charge on any atom is -0.481 e. The van der Waals surface area contributed by atoms with Crippen molar-refractivity contribution in [3.05, 3.63) is 0 Å². The van der Waals surface area contributed by atoms with E-state index in [1.165, 1.54) is 4.90 Å². The highest BCUT2D eigenvalue weighted by atomic mass is 16.4. The monoisotopic (exact) mass is 456 g/mol.